The van der Waals surface area contributed by atoms with E-state index in [1.54, 1.807) is 12.4 Å². The lowest BCUT2D eigenvalue weighted by atomic mass is 10.0. The largest absolute Gasteiger partial charge is 0.435 e. The highest BCUT2D eigenvalue weighted by Crippen LogP contribution is 2.43. The first-order valence-electron chi connectivity index (χ1n) is 31.6. The van der Waals surface area contributed by atoms with Crippen LogP contribution in [0.2, 0.25) is 0 Å². The van der Waals surface area contributed by atoms with E-state index < -0.39 is 30.0 Å². The maximum Gasteiger partial charge on any atom is 0.435 e. The molecule has 0 bridgehead atoms. The molecule has 1 N–H and O–H groups in total. The third-order valence-electron chi connectivity index (χ3n) is 17.9. The maximum absolute atomic E-state index is 13.9. The molecule has 15 rings (SSSR count). The first-order valence-corrected chi connectivity index (χ1v) is 32.6. The first kappa shape index (κ1) is 65.7. The van der Waals surface area contributed by atoms with Crippen molar-refractivity contribution in [3.05, 3.63) is 225 Å². The van der Waals surface area contributed by atoms with Crippen LogP contribution in [-0.2, 0) is 17.1 Å². The number of aromatic nitrogens is 13. The molecule has 1 saturated heterocycles. The van der Waals surface area contributed by atoms with Crippen LogP contribution in [0.15, 0.2) is 172 Å². The molecule has 1 aliphatic heterocycles. The molecule has 0 amide bonds. The van der Waals surface area contributed by atoms with Crippen LogP contribution in [0.3, 0.4) is 0 Å². The Labute approximate surface area is 566 Å². The van der Waals surface area contributed by atoms with Crippen molar-refractivity contribution >= 4 is 55.7 Å². The zero-order chi connectivity index (χ0) is 68.2. The number of halogens is 7. The van der Waals surface area contributed by atoms with Gasteiger partial charge in [0.25, 0.3) is 0 Å². The number of fused-ring (bicyclic) bond motifs is 3. The topological polar surface area (TPSA) is 187 Å². The van der Waals surface area contributed by atoms with Crippen LogP contribution < -0.4 is 0 Å². The van der Waals surface area contributed by atoms with Crippen LogP contribution >= 0.6 is 22.6 Å². The summed E-state index contributed by atoms with van der Waals surface area (Å²) in [6.07, 6.45) is 3.83. The van der Waals surface area contributed by atoms with E-state index in [0.717, 1.165) is 118 Å². The molecule has 0 saturated carbocycles. The highest BCUT2D eigenvalue weighted by molar-refractivity contribution is 14.1. The van der Waals surface area contributed by atoms with Gasteiger partial charge in [-0.05, 0) is 151 Å². The first-order chi connectivity index (χ1) is 46.5. The minimum atomic E-state index is -4.59. The summed E-state index contributed by atoms with van der Waals surface area (Å²) in [5.74, 6) is 2.16. The standard InChI is InChI=1S/C29H28F3N5O2.C24H20F3N5O.C20H18IN3O/c1-17-27(19(3)39-35-17)21-13-24-28(33-15-21)22(16-36(24)18(2)20-9-5-4-6-10-20)23-14-25(29(30,31)32)34-37(23)26-11-7-8-12-38-26;1-13-22(15(3)33-31-13)17-9-20-23(28-11-17)18(19-10-21(30-29-19)24(25,26)27)12-32(20)14(2)16-7-5-4-6-8-16;1-12-19(14(3)25-23-12)16-9-18-20(22-10-16)17(21)11-24(18)13(2)15-7-5-4-6-8-15/h4-6,9-10,13-16,18,26H,7-8,11-12H2,1-3H3;4-12,14H,1-3H3,(H,29,30);4-11,13H,1-3H3. The number of aromatic amines is 1. The SMILES string of the molecule is Cc1noc(C)c1-c1cnc2c(-c3cc(C(F)(F)F)[nH]n3)cn(C(C)c3ccccc3)c2c1.Cc1noc(C)c1-c1cnc2c(-c3cc(C(F)(F)F)nn3C3CCCCO3)cn(C(C)c3ccccc3)c2c1.Cc1noc(C)c1-c1cnc2c(I)cn(C(C)c3ccccc3)c2c1. The number of ether oxygens (including phenoxy) is 1. The number of pyridine rings is 3. The Hall–Kier alpha value is -9.95. The maximum atomic E-state index is 13.9. The van der Waals surface area contributed by atoms with Crippen LogP contribution in [0, 0.1) is 45.1 Å². The number of hydrogen-bond acceptors (Lipinski definition) is 12. The number of benzene rings is 3. The summed E-state index contributed by atoms with van der Waals surface area (Å²) in [6.45, 7) is 18.1. The van der Waals surface area contributed by atoms with Gasteiger partial charge in [-0.15, -0.1) is 0 Å². The molecule has 12 heterocycles. The molecule has 17 nitrogen and oxygen atoms in total. The van der Waals surface area contributed by atoms with E-state index in [4.69, 9.17) is 28.3 Å². The third-order valence-corrected chi connectivity index (χ3v) is 18.7. The van der Waals surface area contributed by atoms with Gasteiger partial charge in [0, 0.05) is 88.3 Å². The predicted octanol–water partition coefficient (Wildman–Crippen LogP) is 19.3. The molecule has 0 aliphatic carbocycles. The highest BCUT2D eigenvalue weighted by atomic mass is 127. The van der Waals surface area contributed by atoms with E-state index in [9.17, 15) is 26.3 Å². The molecule has 0 spiro atoms. The number of H-pyrrole nitrogens is 1. The summed E-state index contributed by atoms with van der Waals surface area (Å²) in [5.41, 5.74) is 15.8. The van der Waals surface area contributed by atoms with Gasteiger partial charge < -0.3 is 32.0 Å². The Bertz CT molecular complexity index is 5070. The smallest absolute Gasteiger partial charge is 0.361 e. The van der Waals surface area contributed by atoms with Crippen LogP contribution in [0.4, 0.5) is 26.3 Å². The predicted molar refractivity (Wildman–Crippen MR) is 365 cm³/mol. The molecular formula is C73H66F6IN13O4. The quantitative estimate of drug-likeness (QED) is 0.0902. The van der Waals surface area contributed by atoms with Crippen LogP contribution in [-0.4, -0.2) is 70.7 Å². The van der Waals surface area contributed by atoms with Crippen molar-refractivity contribution in [2.24, 2.45) is 0 Å². The second-order valence-corrected chi connectivity index (χ2v) is 25.4. The molecule has 1 aliphatic rings. The monoisotopic (exact) mass is 1430 g/mol. The summed E-state index contributed by atoms with van der Waals surface area (Å²) in [7, 11) is 0. The van der Waals surface area contributed by atoms with Gasteiger partial charge >= 0.3 is 12.4 Å². The lowest BCUT2D eigenvalue weighted by Gasteiger charge is -2.24. The van der Waals surface area contributed by atoms with Crippen molar-refractivity contribution in [2.75, 3.05) is 6.61 Å². The molecule has 3 aromatic carbocycles. The van der Waals surface area contributed by atoms with Crippen LogP contribution in [0.1, 0.15) is 127 Å². The number of rotatable bonds is 12. The molecule has 0 radical (unpaired) electrons. The minimum Gasteiger partial charge on any atom is -0.361 e. The van der Waals surface area contributed by atoms with Crippen molar-refractivity contribution in [2.45, 2.75) is 118 Å². The Morgan fingerprint density at radius 1 is 0.515 bits per heavy atom. The summed E-state index contributed by atoms with van der Waals surface area (Å²) in [5, 5.41) is 22.2. The number of alkyl halides is 6. The zero-order valence-corrected chi connectivity index (χ0v) is 56.5. The number of nitrogens with zero attached hydrogens (tertiary/aromatic N) is 12. The molecule has 4 unspecified atom stereocenters. The Balaban J connectivity index is 0.000000134. The highest BCUT2D eigenvalue weighted by Gasteiger charge is 2.38. The summed E-state index contributed by atoms with van der Waals surface area (Å²) < 4.78 is 112. The summed E-state index contributed by atoms with van der Waals surface area (Å²) in [6, 6.07) is 38.6. The molecule has 4 atom stereocenters. The average molecular weight is 1430 g/mol. The zero-order valence-electron chi connectivity index (χ0n) is 54.3. The van der Waals surface area contributed by atoms with Gasteiger partial charge in [-0.1, -0.05) is 106 Å². The Morgan fingerprint density at radius 2 is 0.938 bits per heavy atom. The van der Waals surface area contributed by atoms with Crippen LogP contribution in [0.25, 0.3) is 89.0 Å². The Kier molecular flexibility index (Phi) is 18.0. The molecule has 1 fully saturated rings. The number of aryl methyl sites for hydroxylation is 6. The fourth-order valence-electron chi connectivity index (χ4n) is 12.9. The van der Waals surface area contributed by atoms with E-state index in [1.807, 2.05) is 150 Å². The molecule has 11 aromatic heterocycles. The van der Waals surface area contributed by atoms with E-state index in [1.165, 1.54) is 10.2 Å². The van der Waals surface area contributed by atoms with E-state index in [-0.39, 0.29) is 23.8 Å². The number of hydrogen-bond donors (Lipinski definition) is 1. The summed E-state index contributed by atoms with van der Waals surface area (Å²) >= 11 is 2.36. The van der Waals surface area contributed by atoms with E-state index in [0.29, 0.717) is 52.4 Å². The second-order valence-electron chi connectivity index (χ2n) is 24.3. The third kappa shape index (κ3) is 12.9. The molecular weight excluding hydrogens is 1360 g/mol. The van der Waals surface area contributed by atoms with E-state index in [2.05, 4.69) is 118 Å². The number of nitrogens with one attached hydrogen (secondary N) is 1. The van der Waals surface area contributed by atoms with Crippen molar-refractivity contribution in [3.63, 3.8) is 0 Å². The average Bonchev–Trinajstić information content (AvgIpc) is 1.61. The van der Waals surface area contributed by atoms with Gasteiger partial charge in [0.15, 0.2) is 11.9 Å². The molecule has 24 heteroatoms. The fourth-order valence-corrected chi connectivity index (χ4v) is 13.6. The second kappa shape index (κ2) is 26.6. The molecule has 97 heavy (non-hydrogen) atoms. The lowest BCUT2D eigenvalue weighted by molar-refractivity contribution is -0.142. The van der Waals surface area contributed by atoms with Gasteiger partial charge in [0.2, 0.25) is 0 Å². The van der Waals surface area contributed by atoms with Crippen molar-refractivity contribution in [1.82, 2.24) is 64.1 Å². The minimum absolute atomic E-state index is 0.0924. The van der Waals surface area contributed by atoms with Crippen molar-refractivity contribution in [1.29, 1.82) is 0 Å². The summed E-state index contributed by atoms with van der Waals surface area (Å²) in [4.78, 5) is 14.2. The van der Waals surface area contributed by atoms with Crippen molar-refractivity contribution < 1.29 is 44.6 Å². The van der Waals surface area contributed by atoms with Crippen LogP contribution in [0.5, 0.6) is 0 Å². The van der Waals surface area contributed by atoms with Gasteiger partial charge in [0.05, 0.1) is 77.7 Å². The van der Waals surface area contributed by atoms with Gasteiger partial charge in [0.1, 0.15) is 28.5 Å². The van der Waals surface area contributed by atoms with Gasteiger partial charge in [-0.25, -0.2) is 4.68 Å². The molecule has 496 valence electrons. The van der Waals surface area contributed by atoms with Crippen molar-refractivity contribution in [3.8, 4) is 55.9 Å². The lowest BCUT2D eigenvalue weighted by Crippen LogP contribution is -2.20. The van der Waals surface area contributed by atoms with E-state index >= 15 is 0 Å². The molecule has 14 aromatic rings. The van der Waals surface area contributed by atoms with Gasteiger partial charge in [-0.2, -0.15) is 36.5 Å². The fraction of sp³-hybridized carbons (Fsp3) is 0.260. The normalized spacial score (nSPS) is 14.6. The Morgan fingerprint density at radius 3 is 1.34 bits per heavy atom. The van der Waals surface area contributed by atoms with Gasteiger partial charge in [-0.3, -0.25) is 20.1 Å².